The molecule has 4 N–H and O–H groups in total. The summed E-state index contributed by atoms with van der Waals surface area (Å²) in [5.74, 6) is -2.72. The third-order valence-corrected chi connectivity index (χ3v) is 13.3. The van der Waals surface area contributed by atoms with E-state index in [4.69, 9.17) is 14.6 Å². The number of fused-ring (bicyclic) bond motifs is 1. The summed E-state index contributed by atoms with van der Waals surface area (Å²) in [7, 11) is 1.30. The fraction of sp³-hybridized carbons (Fsp3) is 0.267. The molecule has 3 unspecified atom stereocenters. The highest BCUT2D eigenvalue weighted by molar-refractivity contribution is 8.04. The molecule has 2 aromatic heterocycles. The molecule has 0 saturated carbocycles. The normalized spacial score (nSPS) is 18.1. The topological polar surface area (TPSA) is 184 Å². The Balaban J connectivity index is 1.16. The number of pyridine rings is 1. The molecule has 0 spiro atoms. The molecule has 62 heavy (non-hydrogen) atoms. The lowest BCUT2D eigenvalue weighted by Gasteiger charge is -2.50. The van der Waals surface area contributed by atoms with Crippen molar-refractivity contribution in [3.05, 3.63) is 154 Å². The molecule has 5 aromatic rings. The number of amides is 3. The van der Waals surface area contributed by atoms with E-state index in [1.807, 2.05) is 117 Å². The van der Waals surface area contributed by atoms with Gasteiger partial charge in [0.25, 0.3) is 11.8 Å². The van der Waals surface area contributed by atoms with Crippen LogP contribution in [-0.4, -0.2) is 84.3 Å². The van der Waals surface area contributed by atoms with Crippen LogP contribution in [0.25, 0.3) is 0 Å². The highest BCUT2D eigenvalue weighted by atomic mass is 32.2. The van der Waals surface area contributed by atoms with Crippen LogP contribution < -0.4 is 16.0 Å². The van der Waals surface area contributed by atoms with Crippen LogP contribution in [0, 0.1) is 13.8 Å². The second kappa shape index (κ2) is 18.4. The minimum absolute atomic E-state index is 0.185. The number of aromatic nitrogens is 2. The van der Waals surface area contributed by atoms with Crippen molar-refractivity contribution in [1.82, 2.24) is 25.5 Å². The lowest BCUT2D eigenvalue weighted by Crippen LogP contribution is -2.71. The Morgan fingerprint density at radius 1 is 0.887 bits per heavy atom. The van der Waals surface area contributed by atoms with E-state index >= 15 is 0 Å². The van der Waals surface area contributed by atoms with E-state index in [2.05, 4.69) is 26.1 Å². The van der Waals surface area contributed by atoms with Gasteiger partial charge in [-0.3, -0.25) is 19.5 Å². The molecule has 17 heteroatoms. The maximum absolute atomic E-state index is 14.2. The van der Waals surface area contributed by atoms with Gasteiger partial charge < -0.3 is 30.6 Å². The first-order valence-electron chi connectivity index (χ1n) is 19.5. The fourth-order valence-corrected chi connectivity index (χ4v) is 10.9. The largest absolute Gasteiger partial charge is 0.477 e. The molecule has 1 fully saturated rings. The van der Waals surface area contributed by atoms with Crippen molar-refractivity contribution < 1.29 is 33.9 Å². The predicted molar refractivity (Wildman–Crippen MR) is 241 cm³/mol. The maximum atomic E-state index is 14.2. The molecule has 14 nitrogen and oxygen atoms in total. The molecule has 4 heterocycles. The van der Waals surface area contributed by atoms with E-state index in [9.17, 15) is 24.3 Å². The van der Waals surface area contributed by atoms with Crippen LogP contribution in [-0.2, 0) is 29.5 Å². The third kappa shape index (κ3) is 9.49. The van der Waals surface area contributed by atoms with Gasteiger partial charge in [0.15, 0.2) is 10.8 Å². The average molecular weight is 892 g/mol. The zero-order chi connectivity index (χ0) is 44.2. The molecule has 2 aliphatic rings. The lowest BCUT2D eigenvalue weighted by atomic mass is 9.77. The van der Waals surface area contributed by atoms with Crippen molar-refractivity contribution in [2.75, 3.05) is 12.4 Å². The van der Waals surface area contributed by atoms with Crippen LogP contribution in [0.4, 0.5) is 9.93 Å². The summed E-state index contributed by atoms with van der Waals surface area (Å²) >= 11 is 3.79. The number of nitrogens with zero attached hydrogens (tertiary/aromatic N) is 4. The Morgan fingerprint density at radius 2 is 1.45 bits per heavy atom. The number of carbonyl (C=O) groups excluding carboxylic acids is 3. The Kier molecular flexibility index (Phi) is 13.1. The number of ether oxygens (including phenoxy) is 1. The first kappa shape index (κ1) is 43.9. The second-order valence-electron chi connectivity index (χ2n) is 15.4. The Labute approximate surface area is 371 Å². The van der Waals surface area contributed by atoms with Crippen molar-refractivity contribution in [1.29, 1.82) is 0 Å². The summed E-state index contributed by atoms with van der Waals surface area (Å²) in [6.45, 7) is 8.93. The lowest BCUT2D eigenvalue weighted by molar-refractivity contribution is -0.150. The van der Waals surface area contributed by atoms with E-state index < -0.39 is 57.1 Å². The van der Waals surface area contributed by atoms with Crippen molar-refractivity contribution >= 4 is 69.6 Å². The molecule has 3 amide bonds. The van der Waals surface area contributed by atoms with E-state index in [1.54, 1.807) is 26.2 Å². The number of aryl methyl sites for hydroxylation is 2. The molecule has 0 bridgehead atoms. The molecule has 3 aromatic carbocycles. The van der Waals surface area contributed by atoms with Crippen LogP contribution in [0.15, 0.2) is 130 Å². The smallest absolute Gasteiger partial charge is 0.408 e. The van der Waals surface area contributed by atoms with E-state index in [0.717, 1.165) is 37.9 Å². The summed E-state index contributed by atoms with van der Waals surface area (Å²) in [5, 5.41) is 23.6. The molecular formula is C45H45N7O7S3. The van der Waals surface area contributed by atoms with Gasteiger partial charge in [-0.25, -0.2) is 14.6 Å². The van der Waals surface area contributed by atoms with Crippen LogP contribution in [0.1, 0.15) is 54.5 Å². The van der Waals surface area contributed by atoms with Crippen molar-refractivity contribution in [3.63, 3.8) is 0 Å². The van der Waals surface area contributed by atoms with Gasteiger partial charge in [-0.15, -0.1) is 23.1 Å². The van der Waals surface area contributed by atoms with Gasteiger partial charge in [-0.1, -0.05) is 108 Å². The SMILES string of the molecule is CO/N=C(\C(=O)NC1C(=O)N2C(C(=O)O)=CC(C(NC(=O)OC(C)(C)C)Sc3cc(C)nc(C)c3)S[C@@H]12)c1csc(NC(c2ccccc2)(c2ccccc2)c2ccccc2)n1. The molecule has 320 valence electrons. The number of carboxylic acid groups (broad SMARTS) is 1. The van der Waals surface area contributed by atoms with Crippen molar-refractivity contribution in [2.24, 2.45) is 5.16 Å². The minimum atomic E-state index is -1.34. The first-order valence-corrected chi connectivity index (χ1v) is 22.2. The van der Waals surface area contributed by atoms with E-state index in [0.29, 0.717) is 5.13 Å². The number of anilines is 1. The van der Waals surface area contributed by atoms with E-state index in [1.165, 1.54) is 48.0 Å². The number of aliphatic carboxylic acids is 1. The summed E-state index contributed by atoms with van der Waals surface area (Å²) in [4.78, 5) is 70.0. The highest BCUT2D eigenvalue weighted by Crippen LogP contribution is 2.45. The number of benzene rings is 3. The van der Waals surface area contributed by atoms with Gasteiger partial charge in [-0.2, -0.15) is 0 Å². The van der Waals surface area contributed by atoms with Crippen LogP contribution in [0.2, 0.25) is 0 Å². The number of rotatable bonds is 14. The number of thioether (sulfide) groups is 2. The molecule has 0 aliphatic carbocycles. The Hall–Kier alpha value is -6.17. The predicted octanol–water partition coefficient (Wildman–Crippen LogP) is 7.29. The number of carbonyl (C=O) groups is 4. The highest BCUT2D eigenvalue weighted by Gasteiger charge is 2.55. The minimum Gasteiger partial charge on any atom is -0.477 e. The zero-order valence-corrected chi connectivity index (χ0v) is 37.1. The van der Waals surface area contributed by atoms with Crippen LogP contribution in [0.5, 0.6) is 0 Å². The summed E-state index contributed by atoms with van der Waals surface area (Å²) in [6.07, 6.45) is 0.739. The maximum Gasteiger partial charge on any atom is 0.408 e. The number of hydrogen-bond donors (Lipinski definition) is 4. The van der Waals surface area contributed by atoms with Gasteiger partial charge >= 0.3 is 12.1 Å². The number of alkyl carbamates (subject to hydrolysis) is 1. The quantitative estimate of drug-likeness (QED) is 0.0218. The van der Waals surface area contributed by atoms with Crippen molar-refractivity contribution in [2.45, 2.75) is 72.7 Å². The molecule has 2 aliphatic heterocycles. The first-order chi connectivity index (χ1) is 29.7. The van der Waals surface area contributed by atoms with Gasteiger partial charge in [0.2, 0.25) is 0 Å². The zero-order valence-electron chi connectivity index (χ0n) is 34.7. The van der Waals surface area contributed by atoms with Crippen LogP contribution >= 0.6 is 34.9 Å². The number of hydrogen-bond acceptors (Lipinski definition) is 13. The van der Waals surface area contributed by atoms with Gasteiger partial charge in [0, 0.05) is 21.7 Å². The Bertz CT molecular complexity index is 2400. The number of carboxylic acids is 1. The average Bonchev–Trinajstić information content (AvgIpc) is 3.70. The number of nitrogens with one attached hydrogen (secondary N) is 3. The summed E-state index contributed by atoms with van der Waals surface area (Å²) in [6, 6.07) is 32.5. The van der Waals surface area contributed by atoms with Gasteiger partial charge in [-0.05, 0) is 69.5 Å². The molecule has 7 rings (SSSR count). The summed E-state index contributed by atoms with van der Waals surface area (Å²) in [5.41, 5.74) is 2.42. The van der Waals surface area contributed by atoms with E-state index in [-0.39, 0.29) is 17.1 Å². The molecule has 4 atom stereocenters. The monoisotopic (exact) mass is 891 g/mol. The fourth-order valence-electron chi connectivity index (χ4n) is 7.26. The summed E-state index contributed by atoms with van der Waals surface area (Å²) < 4.78 is 5.58. The molecule has 0 radical (unpaired) electrons. The second-order valence-corrected chi connectivity index (χ2v) is 18.8. The van der Waals surface area contributed by atoms with Crippen molar-refractivity contribution in [3.8, 4) is 0 Å². The molecule has 1 saturated heterocycles. The standard InChI is InChI=1S/C45H45N7O7S3/c1-26-22-31(23-27(2)46-26)61-38(49-43(57)59-44(3,4)5)34-24-33(41(55)56)52-39(54)36(40(52)62-34)48-37(53)35(51-58-6)32-25-60-42(47-32)50-45(28-16-10-7-11-17-28,29-18-12-8-13-19-29)30-20-14-9-15-21-30/h7-25,34,36,38,40H,1-6H3,(H,47,50)(H,48,53)(H,49,57)(H,55,56)/b51-35-/t34?,36?,38?,40-/m0/s1. The molecular weight excluding hydrogens is 847 g/mol. The number of β-lactam (4-membered cyclic amide) rings is 1. The van der Waals surface area contributed by atoms with Gasteiger partial charge in [0.1, 0.15) is 41.1 Å². The third-order valence-electron chi connectivity index (χ3n) is 9.76. The van der Waals surface area contributed by atoms with Gasteiger partial charge in [0.05, 0.1) is 10.6 Å². The van der Waals surface area contributed by atoms with Crippen LogP contribution in [0.3, 0.4) is 0 Å². The number of oxime groups is 1. The number of thiazole rings is 1. The Morgan fingerprint density at radius 3 is 1.97 bits per heavy atom.